The SMILES string of the molecule is COc1ccc(C=CC(=O)c2cnn(C)c2)cc1O. The van der Waals surface area contributed by atoms with E-state index in [0.29, 0.717) is 11.3 Å². The minimum Gasteiger partial charge on any atom is -0.504 e. The molecule has 0 aliphatic rings. The summed E-state index contributed by atoms with van der Waals surface area (Å²) in [4.78, 5) is 11.8. The van der Waals surface area contributed by atoms with Crippen LogP contribution in [0.15, 0.2) is 36.7 Å². The Morgan fingerprint density at radius 1 is 1.47 bits per heavy atom. The van der Waals surface area contributed by atoms with E-state index in [2.05, 4.69) is 5.10 Å². The smallest absolute Gasteiger partial charge is 0.189 e. The van der Waals surface area contributed by atoms with Crippen molar-refractivity contribution in [2.24, 2.45) is 7.05 Å². The zero-order chi connectivity index (χ0) is 13.8. The van der Waals surface area contributed by atoms with Gasteiger partial charge in [0.05, 0.1) is 18.9 Å². The van der Waals surface area contributed by atoms with Crippen molar-refractivity contribution >= 4 is 11.9 Å². The number of rotatable bonds is 4. The zero-order valence-electron chi connectivity index (χ0n) is 10.7. The van der Waals surface area contributed by atoms with E-state index in [9.17, 15) is 9.90 Å². The molecule has 19 heavy (non-hydrogen) atoms. The summed E-state index contributed by atoms with van der Waals surface area (Å²) in [5, 5.41) is 13.6. The van der Waals surface area contributed by atoms with Crippen molar-refractivity contribution in [3.63, 3.8) is 0 Å². The molecule has 1 aromatic carbocycles. The highest BCUT2D eigenvalue weighted by Crippen LogP contribution is 2.26. The van der Waals surface area contributed by atoms with Crippen LogP contribution in [0.1, 0.15) is 15.9 Å². The topological polar surface area (TPSA) is 64.3 Å². The predicted molar refractivity (Wildman–Crippen MR) is 71.2 cm³/mol. The predicted octanol–water partition coefficient (Wildman–Crippen LogP) is 2.03. The van der Waals surface area contributed by atoms with Gasteiger partial charge in [0.1, 0.15) is 0 Å². The van der Waals surface area contributed by atoms with Gasteiger partial charge in [0.25, 0.3) is 0 Å². The molecule has 1 aromatic heterocycles. The molecule has 0 amide bonds. The largest absolute Gasteiger partial charge is 0.504 e. The van der Waals surface area contributed by atoms with E-state index in [1.165, 1.54) is 25.4 Å². The third-order valence-electron chi connectivity index (χ3n) is 2.62. The van der Waals surface area contributed by atoms with Crippen LogP contribution in [0.3, 0.4) is 0 Å². The molecule has 2 aromatic rings. The first kappa shape index (κ1) is 12.9. The van der Waals surface area contributed by atoms with E-state index in [1.807, 2.05) is 0 Å². The summed E-state index contributed by atoms with van der Waals surface area (Å²) >= 11 is 0. The Labute approximate surface area is 110 Å². The lowest BCUT2D eigenvalue weighted by Gasteiger charge is -2.03. The van der Waals surface area contributed by atoms with Gasteiger partial charge in [-0.3, -0.25) is 9.48 Å². The van der Waals surface area contributed by atoms with Crippen LogP contribution >= 0.6 is 0 Å². The van der Waals surface area contributed by atoms with Crippen LogP contribution in [0.25, 0.3) is 6.08 Å². The van der Waals surface area contributed by atoms with Crippen LogP contribution < -0.4 is 4.74 Å². The van der Waals surface area contributed by atoms with Crippen molar-refractivity contribution in [1.82, 2.24) is 9.78 Å². The Bertz CT molecular complexity index is 629. The molecule has 0 aliphatic carbocycles. The fourth-order valence-electron chi connectivity index (χ4n) is 1.63. The van der Waals surface area contributed by atoms with Crippen LogP contribution in [0.2, 0.25) is 0 Å². The van der Waals surface area contributed by atoms with Gasteiger partial charge in [0, 0.05) is 13.2 Å². The number of aryl methyl sites for hydroxylation is 1. The summed E-state index contributed by atoms with van der Waals surface area (Å²) in [6, 6.07) is 4.93. The van der Waals surface area contributed by atoms with Crippen molar-refractivity contribution in [1.29, 1.82) is 0 Å². The molecule has 5 nitrogen and oxygen atoms in total. The second-order valence-electron chi connectivity index (χ2n) is 4.03. The average molecular weight is 258 g/mol. The number of hydrogen-bond donors (Lipinski definition) is 1. The Morgan fingerprint density at radius 3 is 2.84 bits per heavy atom. The highest BCUT2D eigenvalue weighted by Gasteiger charge is 2.04. The van der Waals surface area contributed by atoms with Gasteiger partial charge in [0.15, 0.2) is 17.3 Å². The molecule has 0 radical (unpaired) electrons. The summed E-state index contributed by atoms with van der Waals surface area (Å²) in [6.07, 6.45) is 6.24. The highest BCUT2D eigenvalue weighted by molar-refractivity contribution is 6.06. The van der Waals surface area contributed by atoms with Crippen molar-refractivity contribution in [2.75, 3.05) is 7.11 Å². The summed E-state index contributed by atoms with van der Waals surface area (Å²) in [5.41, 5.74) is 1.24. The quantitative estimate of drug-likeness (QED) is 0.673. The van der Waals surface area contributed by atoms with Crippen LogP contribution in [0, 0.1) is 0 Å². The number of phenolic OH excluding ortho intramolecular Hbond substituents is 1. The first-order valence-corrected chi connectivity index (χ1v) is 5.68. The Kier molecular flexibility index (Phi) is 3.66. The van der Waals surface area contributed by atoms with Crippen molar-refractivity contribution in [3.8, 4) is 11.5 Å². The fraction of sp³-hybridized carbons (Fsp3) is 0.143. The number of nitrogens with zero attached hydrogens (tertiary/aromatic N) is 2. The van der Waals surface area contributed by atoms with Gasteiger partial charge in [-0.2, -0.15) is 5.10 Å². The molecule has 5 heteroatoms. The van der Waals surface area contributed by atoms with Crippen molar-refractivity contribution in [2.45, 2.75) is 0 Å². The summed E-state index contributed by atoms with van der Waals surface area (Å²) in [6.45, 7) is 0. The molecule has 98 valence electrons. The van der Waals surface area contributed by atoms with Gasteiger partial charge in [-0.15, -0.1) is 0 Å². The summed E-state index contributed by atoms with van der Waals surface area (Å²) < 4.78 is 6.52. The number of carbonyl (C=O) groups excluding carboxylic acids is 1. The molecule has 0 fully saturated rings. The van der Waals surface area contributed by atoms with Gasteiger partial charge >= 0.3 is 0 Å². The highest BCUT2D eigenvalue weighted by atomic mass is 16.5. The molecule has 0 saturated heterocycles. The lowest BCUT2D eigenvalue weighted by Crippen LogP contribution is -1.92. The minimum atomic E-state index is -0.136. The average Bonchev–Trinajstić information content (AvgIpc) is 2.83. The van der Waals surface area contributed by atoms with Crippen LogP contribution in [0.4, 0.5) is 0 Å². The number of ether oxygens (including phenoxy) is 1. The molecular formula is C14H14N2O3. The molecule has 1 heterocycles. The number of hydrogen-bond acceptors (Lipinski definition) is 4. The number of aromatic nitrogens is 2. The van der Waals surface area contributed by atoms with E-state index in [0.717, 1.165) is 5.56 Å². The maximum absolute atomic E-state index is 11.8. The third-order valence-corrected chi connectivity index (χ3v) is 2.62. The summed E-state index contributed by atoms with van der Waals surface area (Å²) in [7, 11) is 3.23. The normalized spacial score (nSPS) is 10.8. The second-order valence-corrected chi connectivity index (χ2v) is 4.03. The number of ketones is 1. The maximum Gasteiger partial charge on any atom is 0.189 e. The van der Waals surface area contributed by atoms with Gasteiger partial charge in [-0.1, -0.05) is 12.1 Å². The Balaban J connectivity index is 2.14. The first-order chi connectivity index (χ1) is 9.10. The van der Waals surface area contributed by atoms with Crippen molar-refractivity contribution < 1.29 is 14.6 Å². The number of aromatic hydroxyl groups is 1. The monoisotopic (exact) mass is 258 g/mol. The molecular weight excluding hydrogens is 244 g/mol. The van der Waals surface area contributed by atoms with Gasteiger partial charge in [-0.25, -0.2) is 0 Å². The number of allylic oxidation sites excluding steroid dienone is 1. The zero-order valence-corrected chi connectivity index (χ0v) is 10.7. The molecule has 0 atom stereocenters. The van der Waals surface area contributed by atoms with E-state index in [4.69, 9.17) is 4.74 Å². The molecule has 2 rings (SSSR count). The number of phenols is 1. The van der Waals surface area contributed by atoms with E-state index >= 15 is 0 Å². The Hall–Kier alpha value is -2.56. The Morgan fingerprint density at radius 2 is 2.26 bits per heavy atom. The van der Waals surface area contributed by atoms with Gasteiger partial charge in [-0.05, 0) is 23.8 Å². The lowest BCUT2D eigenvalue weighted by atomic mass is 10.1. The van der Waals surface area contributed by atoms with E-state index in [1.54, 1.807) is 36.1 Å². The fourth-order valence-corrected chi connectivity index (χ4v) is 1.63. The molecule has 0 unspecified atom stereocenters. The molecule has 0 saturated carbocycles. The molecule has 0 spiro atoms. The number of carbonyl (C=O) groups is 1. The van der Waals surface area contributed by atoms with E-state index in [-0.39, 0.29) is 11.5 Å². The van der Waals surface area contributed by atoms with Gasteiger partial charge in [0.2, 0.25) is 0 Å². The van der Waals surface area contributed by atoms with Gasteiger partial charge < -0.3 is 9.84 Å². The first-order valence-electron chi connectivity index (χ1n) is 5.68. The lowest BCUT2D eigenvalue weighted by molar-refractivity contribution is 0.104. The third kappa shape index (κ3) is 3.01. The number of benzene rings is 1. The van der Waals surface area contributed by atoms with Crippen LogP contribution in [0.5, 0.6) is 11.5 Å². The van der Waals surface area contributed by atoms with Crippen LogP contribution in [-0.2, 0) is 7.05 Å². The minimum absolute atomic E-state index is 0.0403. The molecule has 0 bridgehead atoms. The standard InChI is InChI=1S/C14H14N2O3/c1-16-9-11(8-15-16)12(17)5-3-10-4-6-14(19-2)13(18)7-10/h3-9,18H,1-2H3. The number of methoxy groups -OCH3 is 1. The molecule has 1 N–H and O–H groups in total. The van der Waals surface area contributed by atoms with Crippen molar-refractivity contribution in [3.05, 3.63) is 47.8 Å². The van der Waals surface area contributed by atoms with E-state index < -0.39 is 0 Å². The maximum atomic E-state index is 11.8. The molecule has 0 aliphatic heterocycles. The second kappa shape index (κ2) is 5.39. The summed E-state index contributed by atoms with van der Waals surface area (Å²) in [5.74, 6) is 0.303. The van der Waals surface area contributed by atoms with Crippen LogP contribution in [-0.4, -0.2) is 27.8 Å².